The Morgan fingerprint density at radius 3 is 2.62 bits per heavy atom. The van der Waals surface area contributed by atoms with E-state index in [1.54, 1.807) is 43.4 Å². The van der Waals surface area contributed by atoms with Gasteiger partial charge in [-0.3, -0.25) is 4.72 Å². The topological polar surface area (TPSA) is 58.2 Å². The minimum atomic E-state index is -3.71. The molecule has 0 spiro atoms. The molecule has 2 rings (SSSR count). The molecule has 112 valence electrons. The number of hydrogen-bond donors (Lipinski definition) is 2. The SMILES string of the molecule is CNCc1ccc(Cl)c(S(=O)(=O)Nc2cccc(I)c2)c1. The van der Waals surface area contributed by atoms with E-state index >= 15 is 0 Å². The Labute approximate surface area is 143 Å². The second kappa shape index (κ2) is 6.95. The van der Waals surface area contributed by atoms with Crippen molar-refractivity contribution in [3.63, 3.8) is 0 Å². The van der Waals surface area contributed by atoms with Gasteiger partial charge in [-0.2, -0.15) is 0 Å². The molecular formula is C14H14ClIN2O2S. The molecular weight excluding hydrogens is 423 g/mol. The van der Waals surface area contributed by atoms with Crippen LogP contribution < -0.4 is 10.0 Å². The lowest BCUT2D eigenvalue weighted by molar-refractivity contribution is 0.601. The monoisotopic (exact) mass is 436 g/mol. The van der Waals surface area contributed by atoms with Crippen molar-refractivity contribution in [3.05, 3.63) is 56.6 Å². The fourth-order valence-electron chi connectivity index (χ4n) is 1.83. The van der Waals surface area contributed by atoms with Crippen LogP contribution in [0.25, 0.3) is 0 Å². The van der Waals surface area contributed by atoms with Gasteiger partial charge in [0, 0.05) is 15.8 Å². The molecule has 0 radical (unpaired) electrons. The van der Waals surface area contributed by atoms with Gasteiger partial charge in [0.2, 0.25) is 0 Å². The maximum absolute atomic E-state index is 12.5. The van der Waals surface area contributed by atoms with Crippen molar-refractivity contribution in [3.8, 4) is 0 Å². The Hall–Kier alpha value is -0.830. The minimum absolute atomic E-state index is 0.0794. The molecule has 0 heterocycles. The second-order valence-electron chi connectivity index (χ2n) is 4.41. The number of anilines is 1. The van der Waals surface area contributed by atoms with Crippen molar-refractivity contribution < 1.29 is 8.42 Å². The van der Waals surface area contributed by atoms with Gasteiger partial charge in [0.05, 0.1) is 5.02 Å². The van der Waals surface area contributed by atoms with E-state index in [9.17, 15) is 8.42 Å². The van der Waals surface area contributed by atoms with Gasteiger partial charge in [0.1, 0.15) is 4.90 Å². The standard InChI is InChI=1S/C14H14ClIN2O2S/c1-17-9-10-5-6-13(15)14(7-10)21(19,20)18-12-4-2-3-11(16)8-12/h2-8,17-18H,9H2,1H3. The number of benzene rings is 2. The third-order valence-electron chi connectivity index (χ3n) is 2.74. The lowest BCUT2D eigenvalue weighted by Crippen LogP contribution is -2.14. The van der Waals surface area contributed by atoms with Gasteiger partial charge in [-0.15, -0.1) is 0 Å². The van der Waals surface area contributed by atoms with Crippen LogP contribution in [-0.2, 0) is 16.6 Å². The van der Waals surface area contributed by atoms with Gasteiger partial charge in [-0.25, -0.2) is 8.42 Å². The quantitative estimate of drug-likeness (QED) is 0.706. The zero-order valence-corrected chi connectivity index (χ0v) is 15.0. The van der Waals surface area contributed by atoms with E-state index in [-0.39, 0.29) is 9.92 Å². The van der Waals surface area contributed by atoms with Crippen LogP contribution in [0, 0.1) is 3.57 Å². The van der Waals surface area contributed by atoms with E-state index in [1.165, 1.54) is 0 Å². The van der Waals surface area contributed by atoms with E-state index in [2.05, 4.69) is 32.6 Å². The highest BCUT2D eigenvalue weighted by molar-refractivity contribution is 14.1. The van der Waals surface area contributed by atoms with Gasteiger partial charge in [-0.05, 0) is 65.5 Å². The second-order valence-corrected chi connectivity index (χ2v) is 7.71. The molecule has 0 saturated heterocycles. The molecule has 0 unspecified atom stereocenters. The summed E-state index contributed by atoms with van der Waals surface area (Å²) in [6.07, 6.45) is 0. The molecule has 0 amide bonds. The van der Waals surface area contributed by atoms with E-state index < -0.39 is 10.0 Å². The lowest BCUT2D eigenvalue weighted by Gasteiger charge is -2.11. The van der Waals surface area contributed by atoms with E-state index in [4.69, 9.17) is 11.6 Å². The molecule has 0 atom stereocenters. The molecule has 2 aromatic carbocycles. The highest BCUT2D eigenvalue weighted by Crippen LogP contribution is 2.25. The normalized spacial score (nSPS) is 11.4. The molecule has 0 bridgehead atoms. The van der Waals surface area contributed by atoms with Crippen molar-refractivity contribution in [2.75, 3.05) is 11.8 Å². The van der Waals surface area contributed by atoms with E-state index in [1.807, 2.05) is 6.07 Å². The van der Waals surface area contributed by atoms with Crippen molar-refractivity contribution in [2.45, 2.75) is 11.4 Å². The fraction of sp³-hybridized carbons (Fsp3) is 0.143. The minimum Gasteiger partial charge on any atom is -0.316 e. The van der Waals surface area contributed by atoms with E-state index in [0.29, 0.717) is 12.2 Å². The molecule has 0 aliphatic rings. The molecule has 0 aliphatic heterocycles. The van der Waals surface area contributed by atoms with Gasteiger partial charge in [-0.1, -0.05) is 23.7 Å². The number of halogens is 2. The van der Waals surface area contributed by atoms with Crippen LogP contribution in [0.5, 0.6) is 0 Å². The Kier molecular flexibility index (Phi) is 5.48. The third kappa shape index (κ3) is 4.32. The summed E-state index contributed by atoms with van der Waals surface area (Å²) in [5, 5.41) is 3.18. The maximum atomic E-state index is 12.5. The first-order valence-electron chi connectivity index (χ1n) is 6.14. The van der Waals surface area contributed by atoms with Crippen LogP contribution in [0.2, 0.25) is 5.02 Å². The van der Waals surface area contributed by atoms with Crippen LogP contribution in [0.3, 0.4) is 0 Å². The number of nitrogens with one attached hydrogen (secondary N) is 2. The van der Waals surface area contributed by atoms with Crippen LogP contribution >= 0.6 is 34.2 Å². The van der Waals surface area contributed by atoms with Gasteiger partial charge in [0.25, 0.3) is 10.0 Å². The summed E-state index contributed by atoms with van der Waals surface area (Å²) in [6.45, 7) is 0.572. The molecule has 7 heteroatoms. The predicted octanol–water partition coefficient (Wildman–Crippen LogP) is 3.46. The van der Waals surface area contributed by atoms with Crippen LogP contribution in [0.4, 0.5) is 5.69 Å². The van der Waals surface area contributed by atoms with Crippen molar-refractivity contribution in [2.24, 2.45) is 0 Å². The van der Waals surface area contributed by atoms with Crippen LogP contribution in [-0.4, -0.2) is 15.5 Å². The summed E-state index contributed by atoms with van der Waals surface area (Å²) in [4.78, 5) is 0.0794. The van der Waals surface area contributed by atoms with E-state index in [0.717, 1.165) is 9.13 Å². The Balaban J connectivity index is 2.37. The summed E-state index contributed by atoms with van der Waals surface area (Å²) in [7, 11) is -1.92. The predicted molar refractivity (Wildman–Crippen MR) is 94.2 cm³/mol. The molecule has 21 heavy (non-hydrogen) atoms. The summed E-state index contributed by atoms with van der Waals surface area (Å²) in [6, 6.07) is 12.1. The first-order valence-corrected chi connectivity index (χ1v) is 9.08. The van der Waals surface area contributed by atoms with Gasteiger partial charge < -0.3 is 5.32 Å². The number of sulfonamides is 1. The Bertz CT molecular complexity index is 750. The first-order chi connectivity index (χ1) is 9.92. The van der Waals surface area contributed by atoms with Crippen molar-refractivity contribution in [1.82, 2.24) is 5.32 Å². The number of rotatable bonds is 5. The largest absolute Gasteiger partial charge is 0.316 e. The summed E-state index contributed by atoms with van der Waals surface area (Å²) >= 11 is 8.16. The zero-order chi connectivity index (χ0) is 15.5. The summed E-state index contributed by atoms with van der Waals surface area (Å²) in [5.41, 5.74) is 1.36. The first kappa shape index (κ1) is 16.5. The Morgan fingerprint density at radius 1 is 1.19 bits per heavy atom. The van der Waals surface area contributed by atoms with Crippen LogP contribution in [0.15, 0.2) is 47.4 Å². The summed E-state index contributed by atoms with van der Waals surface area (Å²) in [5.74, 6) is 0. The molecule has 0 aliphatic carbocycles. The van der Waals surface area contributed by atoms with Gasteiger partial charge >= 0.3 is 0 Å². The highest BCUT2D eigenvalue weighted by atomic mass is 127. The molecule has 2 aromatic rings. The Morgan fingerprint density at radius 2 is 1.95 bits per heavy atom. The van der Waals surface area contributed by atoms with Crippen molar-refractivity contribution in [1.29, 1.82) is 0 Å². The average Bonchev–Trinajstić information content (AvgIpc) is 2.40. The molecule has 4 nitrogen and oxygen atoms in total. The molecule has 0 saturated carbocycles. The number of hydrogen-bond acceptors (Lipinski definition) is 3. The van der Waals surface area contributed by atoms with Crippen LogP contribution in [0.1, 0.15) is 5.56 Å². The third-order valence-corrected chi connectivity index (χ3v) is 5.28. The van der Waals surface area contributed by atoms with Gasteiger partial charge in [0.15, 0.2) is 0 Å². The lowest BCUT2D eigenvalue weighted by atomic mass is 10.2. The fourth-order valence-corrected chi connectivity index (χ4v) is 3.97. The maximum Gasteiger partial charge on any atom is 0.263 e. The average molecular weight is 437 g/mol. The zero-order valence-electron chi connectivity index (χ0n) is 11.2. The molecule has 0 fully saturated rings. The highest BCUT2D eigenvalue weighted by Gasteiger charge is 2.18. The summed E-state index contributed by atoms with van der Waals surface area (Å²) < 4.78 is 28.4. The van der Waals surface area contributed by atoms with Crippen molar-refractivity contribution >= 4 is 49.9 Å². The molecule has 2 N–H and O–H groups in total. The smallest absolute Gasteiger partial charge is 0.263 e. The molecule has 0 aromatic heterocycles.